The molecule has 1 heterocycles. The summed E-state index contributed by atoms with van der Waals surface area (Å²) in [6, 6.07) is 21.1. The summed E-state index contributed by atoms with van der Waals surface area (Å²) in [5, 5.41) is 16.0. The van der Waals surface area contributed by atoms with Gasteiger partial charge >= 0.3 is 6.03 Å². The second-order valence-corrected chi connectivity index (χ2v) is 15.6. The summed E-state index contributed by atoms with van der Waals surface area (Å²) >= 11 is 0. The molecule has 2 amide bonds. The molecule has 16 heteroatoms. The maximum absolute atomic E-state index is 13.5. The van der Waals surface area contributed by atoms with E-state index in [2.05, 4.69) is 25.3 Å². The third-order valence-corrected chi connectivity index (χ3v) is 8.96. The molecule has 0 saturated heterocycles. The van der Waals surface area contributed by atoms with Gasteiger partial charge in [0.2, 0.25) is 15.9 Å². The van der Waals surface area contributed by atoms with Gasteiger partial charge in [0, 0.05) is 35.5 Å². The van der Waals surface area contributed by atoms with Crippen LogP contribution in [0.1, 0.15) is 37.7 Å². The van der Waals surface area contributed by atoms with E-state index in [0.717, 1.165) is 22.8 Å². The van der Waals surface area contributed by atoms with Crippen LogP contribution in [-0.4, -0.2) is 89.6 Å². The van der Waals surface area contributed by atoms with Crippen LogP contribution in [0.4, 0.5) is 21.9 Å². The molecule has 0 aliphatic heterocycles. The molecule has 15 nitrogen and oxygen atoms in total. The number of fused-ring (bicyclic) bond motifs is 1. The SMILES string of the molecule is COc1cc(Cc2nccc(Oc3ccc(NC(=O)Nc4cc(C(C)(C)C)cc(NS(C)(=O)=O)c4OC)c4ccccc34)n2)cc(OCCOCCOCCO)c1. The summed E-state index contributed by atoms with van der Waals surface area (Å²) in [6.45, 7) is 7.68. The molecule has 57 heavy (non-hydrogen) atoms. The Kier molecular flexibility index (Phi) is 14.5. The normalized spacial score (nSPS) is 11.6. The monoisotopic (exact) mass is 803 g/mol. The molecule has 4 aromatic carbocycles. The zero-order chi connectivity index (χ0) is 41.0. The number of methoxy groups -OCH3 is 2. The number of rotatable bonds is 19. The third kappa shape index (κ3) is 12.4. The molecule has 0 radical (unpaired) electrons. The summed E-state index contributed by atoms with van der Waals surface area (Å²) < 4.78 is 60.8. The largest absolute Gasteiger partial charge is 0.497 e. The number of urea groups is 1. The van der Waals surface area contributed by atoms with E-state index in [4.69, 9.17) is 33.5 Å². The highest BCUT2D eigenvalue weighted by molar-refractivity contribution is 7.92. The smallest absolute Gasteiger partial charge is 0.323 e. The molecule has 0 saturated carbocycles. The predicted molar refractivity (Wildman–Crippen MR) is 219 cm³/mol. The summed E-state index contributed by atoms with van der Waals surface area (Å²) in [4.78, 5) is 22.6. The zero-order valence-corrected chi connectivity index (χ0v) is 33.7. The van der Waals surface area contributed by atoms with Crippen molar-refractivity contribution in [2.75, 3.05) is 75.5 Å². The molecule has 5 rings (SSSR count). The topological polar surface area (TPSA) is 189 Å². The zero-order valence-electron chi connectivity index (χ0n) is 32.9. The Labute approximate surface area is 332 Å². The van der Waals surface area contributed by atoms with Gasteiger partial charge in [-0.25, -0.2) is 18.2 Å². The standard InChI is InChI=1S/C41H49N5O10S/c1-41(2,3)28-24-34(39(52-5)35(25-28)46-57(6,49)50)44-40(48)43-33-11-12-36(32-10-8-7-9-31(32)33)56-38-13-14-42-37(45-38)23-27-21-29(51-4)26-30(22-27)55-20-19-54-18-17-53-16-15-47/h7-14,21-22,24-26,46-47H,15-20,23H2,1-6H3,(H2,43,44,48). The maximum Gasteiger partial charge on any atom is 0.323 e. The van der Waals surface area contributed by atoms with Crippen LogP contribution in [0.15, 0.2) is 79.0 Å². The summed E-state index contributed by atoms with van der Waals surface area (Å²) in [5.41, 5.74) is 2.28. The van der Waals surface area contributed by atoms with Crippen molar-refractivity contribution in [2.45, 2.75) is 32.6 Å². The van der Waals surface area contributed by atoms with Crippen LogP contribution in [0.25, 0.3) is 10.8 Å². The van der Waals surface area contributed by atoms with Crippen molar-refractivity contribution >= 4 is 43.9 Å². The van der Waals surface area contributed by atoms with Crippen LogP contribution in [0, 0.1) is 0 Å². The van der Waals surface area contributed by atoms with Gasteiger partial charge in [0.05, 0.1) is 70.6 Å². The van der Waals surface area contributed by atoms with Gasteiger partial charge in [-0.1, -0.05) is 45.0 Å². The Morgan fingerprint density at radius 2 is 1.47 bits per heavy atom. The maximum atomic E-state index is 13.5. The minimum atomic E-state index is -3.64. The van der Waals surface area contributed by atoms with Crippen molar-refractivity contribution in [3.05, 3.63) is 95.9 Å². The number of nitrogens with zero attached hydrogens (tertiary/aromatic N) is 2. The summed E-state index contributed by atoms with van der Waals surface area (Å²) in [6.07, 6.45) is 3.05. The third-order valence-electron chi connectivity index (χ3n) is 8.37. The van der Waals surface area contributed by atoms with E-state index in [0.29, 0.717) is 72.9 Å². The molecule has 0 bridgehead atoms. The highest BCUT2D eigenvalue weighted by Gasteiger charge is 2.23. The molecule has 1 aromatic heterocycles. The van der Waals surface area contributed by atoms with Crippen molar-refractivity contribution in [3.8, 4) is 28.9 Å². The van der Waals surface area contributed by atoms with Crippen LogP contribution < -0.4 is 34.3 Å². The first-order valence-electron chi connectivity index (χ1n) is 18.1. The molecular weight excluding hydrogens is 755 g/mol. The number of aliphatic hydroxyl groups excluding tert-OH is 1. The molecule has 0 aliphatic rings. The molecule has 0 spiro atoms. The van der Waals surface area contributed by atoms with Crippen molar-refractivity contribution in [2.24, 2.45) is 0 Å². The fraction of sp³-hybridized carbons (Fsp3) is 0.341. The van der Waals surface area contributed by atoms with Gasteiger partial charge in [0.25, 0.3) is 0 Å². The van der Waals surface area contributed by atoms with E-state index in [1.165, 1.54) is 7.11 Å². The number of ether oxygens (including phenoxy) is 6. The van der Waals surface area contributed by atoms with Gasteiger partial charge in [-0.2, -0.15) is 4.98 Å². The fourth-order valence-corrected chi connectivity index (χ4v) is 6.30. The van der Waals surface area contributed by atoms with Crippen molar-refractivity contribution in [1.29, 1.82) is 0 Å². The van der Waals surface area contributed by atoms with Crippen LogP contribution >= 0.6 is 0 Å². The van der Waals surface area contributed by atoms with Crippen LogP contribution in [0.2, 0.25) is 0 Å². The van der Waals surface area contributed by atoms with Crippen LogP contribution in [0.3, 0.4) is 0 Å². The number of aliphatic hydroxyl groups is 1. The van der Waals surface area contributed by atoms with Crippen molar-refractivity contribution in [1.82, 2.24) is 9.97 Å². The molecule has 304 valence electrons. The van der Waals surface area contributed by atoms with E-state index >= 15 is 0 Å². The van der Waals surface area contributed by atoms with Crippen molar-refractivity contribution in [3.63, 3.8) is 0 Å². The van der Waals surface area contributed by atoms with E-state index in [-0.39, 0.29) is 35.8 Å². The Hall–Kier alpha value is -5.68. The van der Waals surface area contributed by atoms with E-state index in [1.807, 2.05) is 57.2 Å². The number of anilines is 3. The molecule has 0 aliphatic carbocycles. The highest BCUT2D eigenvalue weighted by Crippen LogP contribution is 2.40. The van der Waals surface area contributed by atoms with Gasteiger partial charge in [0.15, 0.2) is 5.75 Å². The van der Waals surface area contributed by atoms with Gasteiger partial charge < -0.3 is 44.2 Å². The fourth-order valence-electron chi connectivity index (χ4n) is 5.75. The summed E-state index contributed by atoms with van der Waals surface area (Å²) in [7, 11) is -0.656. The van der Waals surface area contributed by atoms with Gasteiger partial charge in [-0.3, -0.25) is 4.72 Å². The number of sulfonamides is 1. The first kappa shape index (κ1) is 42.5. The lowest BCUT2D eigenvalue weighted by Crippen LogP contribution is -2.22. The Morgan fingerprint density at radius 1 is 0.789 bits per heavy atom. The minimum Gasteiger partial charge on any atom is -0.497 e. The second kappa shape index (κ2) is 19.5. The Bertz CT molecular complexity index is 2260. The Morgan fingerprint density at radius 3 is 2.18 bits per heavy atom. The van der Waals surface area contributed by atoms with Crippen LogP contribution in [0.5, 0.6) is 28.9 Å². The van der Waals surface area contributed by atoms with Crippen molar-refractivity contribution < 1.29 is 46.7 Å². The first-order valence-corrected chi connectivity index (χ1v) is 20.0. The van der Waals surface area contributed by atoms with Gasteiger partial charge in [-0.15, -0.1) is 0 Å². The average Bonchev–Trinajstić information content (AvgIpc) is 3.16. The number of amides is 2. The molecule has 0 fully saturated rings. The quantitative estimate of drug-likeness (QED) is 0.0645. The van der Waals surface area contributed by atoms with E-state index in [9.17, 15) is 13.2 Å². The molecule has 0 unspecified atom stereocenters. The lowest BCUT2D eigenvalue weighted by molar-refractivity contribution is 0.0247. The molecular formula is C41H49N5O10S. The number of nitrogens with one attached hydrogen (secondary N) is 3. The lowest BCUT2D eigenvalue weighted by Gasteiger charge is -2.24. The Balaban J connectivity index is 1.29. The molecule has 0 atom stereocenters. The highest BCUT2D eigenvalue weighted by atomic mass is 32.2. The average molecular weight is 804 g/mol. The van der Waals surface area contributed by atoms with E-state index < -0.39 is 16.1 Å². The lowest BCUT2D eigenvalue weighted by atomic mass is 9.86. The number of hydrogen-bond donors (Lipinski definition) is 4. The van der Waals surface area contributed by atoms with E-state index in [1.54, 1.807) is 49.7 Å². The number of benzene rings is 4. The first-order chi connectivity index (χ1) is 27.3. The number of carbonyl (C=O) groups excluding carboxylic acids is 1. The van der Waals surface area contributed by atoms with Gasteiger partial charge in [-0.05, 0) is 52.9 Å². The number of carbonyl (C=O) groups is 1. The van der Waals surface area contributed by atoms with Gasteiger partial charge in [0.1, 0.15) is 29.7 Å². The predicted octanol–water partition coefficient (Wildman–Crippen LogP) is 6.75. The number of aromatic nitrogens is 2. The molecule has 4 N–H and O–H groups in total. The second-order valence-electron chi connectivity index (χ2n) is 13.9. The number of hydrogen-bond acceptors (Lipinski definition) is 12. The summed E-state index contributed by atoms with van der Waals surface area (Å²) in [5.74, 6) is 2.74. The van der Waals surface area contributed by atoms with Crippen LogP contribution in [-0.2, 0) is 31.3 Å². The molecule has 5 aromatic rings. The minimum absolute atomic E-state index is 0.0257.